The number of aryl methyl sites for hydroxylation is 1. The van der Waals surface area contributed by atoms with E-state index in [-0.39, 0.29) is 12.6 Å². The summed E-state index contributed by atoms with van der Waals surface area (Å²) in [4.78, 5) is 16.1. The number of aliphatic hydroxyl groups excluding tert-OH is 1. The van der Waals surface area contributed by atoms with Gasteiger partial charge in [0, 0.05) is 18.7 Å². The molecule has 1 aromatic carbocycles. The standard InChI is InChI=1S/C14H19N3O3/c1-4-14(3,8-18)17-13(19)16-10-5-6-11-12(7-10)20-9(2)15-11/h5-7,18H,4,8H2,1-3H3,(H2,16,17,19). The Kier molecular flexibility index (Phi) is 3.94. The van der Waals surface area contributed by atoms with E-state index in [1.807, 2.05) is 6.92 Å². The van der Waals surface area contributed by atoms with Crippen molar-refractivity contribution >= 4 is 22.8 Å². The molecule has 1 heterocycles. The largest absolute Gasteiger partial charge is 0.441 e. The van der Waals surface area contributed by atoms with Gasteiger partial charge in [0.15, 0.2) is 11.5 Å². The van der Waals surface area contributed by atoms with Gasteiger partial charge in [-0.2, -0.15) is 0 Å². The van der Waals surface area contributed by atoms with Gasteiger partial charge < -0.3 is 20.2 Å². The second-order valence-corrected chi connectivity index (χ2v) is 5.07. The van der Waals surface area contributed by atoms with Crippen molar-refractivity contribution in [3.05, 3.63) is 24.1 Å². The van der Waals surface area contributed by atoms with Crippen LogP contribution in [-0.2, 0) is 0 Å². The molecule has 0 aliphatic heterocycles. The molecular weight excluding hydrogens is 258 g/mol. The van der Waals surface area contributed by atoms with Crippen molar-refractivity contribution in [2.45, 2.75) is 32.7 Å². The number of nitrogens with one attached hydrogen (secondary N) is 2. The topological polar surface area (TPSA) is 87.4 Å². The summed E-state index contributed by atoms with van der Waals surface area (Å²) in [7, 11) is 0. The third kappa shape index (κ3) is 3.08. The van der Waals surface area contributed by atoms with Crippen LogP contribution in [0.4, 0.5) is 10.5 Å². The number of anilines is 1. The fraction of sp³-hybridized carbons (Fsp3) is 0.429. The lowest BCUT2D eigenvalue weighted by atomic mass is 10.0. The van der Waals surface area contributed by atoms with Crippen molar-refractivity contribution in [3.8, 4) is 0 Å². The van der Waals surface area contributed by atoms with Crippen LogP contribution in [0.3, 0.4) is 0 Å². The van der Waals surface area contributed by atoms with E-state index in [0.717, 1.165) is 5.52 Å². The summed E-state index contributed by atoms with van der Waals surface area (Å²) in [6, 6.07) is 4.90. The van der Waals surface area contributed by atoms with E-state index >= 15 is 0 Å². The highest BCUT2D eigenvalue weighted by Crippen LogP contribution is 2.20. The van der Waals surface area contributed by atoms with Crippen molar-refractivity contribution in [2.75, 3.05) is 11.9 Å². The van der Waals surface area contributed by atoms with Gasteiger partial charge in [0.2, 0.25) is 0 Å². The van der Waals surface area contributed by atoms with Gasteiger partial charge in [-0.15, -0.1) is 0 Å². The molecule has 3 N–H and O–H groups in total. The van der Waals surface area contributed by atoms with E-state index in [1.54, 1.807) is 32.0 Å². The van der Waals surface area contributed by atoms with Gasteiger partial charge in [-0.25, -0.2) is 9.78 Å². The van der Waals surface area contributed by atoms with Gasteiger partial charge in [0.1, 0.15) is 5.52 Å². The van der Waals surface area contributed by atoms with E-state index in [2.05, 4.69) is 15.6 Å². The highest BCUT2D eigenvalue weighted by Gasteiger charge is 2.23. The number of fused-ring (bicyclic) bond motifs is 1. The molecule has 108 valence electrons. The molecule has 0 spiro atoms. The average molecular weight is 277 g/mol. The van der Waals surface area contributed by atoms with Crippen molar-refractivity contribution < 1.29 is 14.3 Å². The van der Waals surface area contributed by atoms with Gasteiger partial charge in [0.05, 0.1) is 12.1 Å². The minimum atomic E-state index is -0.628. The van der Waals surface area contributed by atoms with Gasteiger partial charge in [-0.3, -0.25) is 0 Å². The molecule has 0 aliphatic rings. The predicted molar refractivity (Wildman–Crippen MR) is 76.7 cm³/mol. The molecule has 0 saturated heterocycles. The molecular formula is C14H19N3O3. The molecule has 1 atom stereocenters. The molecule has 0 fully saturated rings. The average Bonchev–Trinajstić information content (AvgIpc) is 2.77. The number of carbonyl (C=O) groups is 1. The Bertz CT molecular complexity index is 617. The Morgan fingerprint density at radius 1 is 1.50 bits per heavy atom. The first-order chi connectivity index (χ1) is 9.45. The van der Waals surface area contributed by atoms with Crippen LogP contribution >= 0.6 is 0 Å². The van der Waals surface area contributed by atoms with Crippen molar-refractivity contribution in [3.63, 3.8) is 0 Å². The Morgan fingerprint density at radius 3 is 2.90 bits per heavy atom. The van der Waals surface area contributed by atoms with Crippen molar-refractivity contribution in [1.82, 2.24) is 10.3 Å². The number of oxazole rings is 1. The fourth-order valence-electron chi connectivity index (χ4n) is 1.79. The fourth-order valence-corrected chi connectivity index (χ4v) is 1.79. The molecule has 2 rings (SSSR count). The van der Waals surface area contributed by atoms with E-state index in [0.29, 0.717) is 23.6 Å². The highest BCUT2D eigenvalue weighted by molar-refractivity contribution is 5.91. The lowest BCUT2D eigenvalue weighted by Crippen LogP contribution is -2.50. The van der Waals surface area contributed by atoms with Crippen LogP contribution in [0.1, 0.15) is 26.2 Å². The molecule has 6 nitrogen and oxygen atoms in total. The maximum absolute atomic E-state index is 11.9. The van der Waals surface area contributed by atoms with Gasteiger partial charge in [-0.05, 0) is 25.5 Å². The van der Waals surface area contributed by atoms with Crippen LogP contribution in [0, 0.1) is 6.92 Å². The lowest BCUT2D eigenvalue weighted by Gasteiger charge is -2.27. The normalized spacial score (nSPS) is 14.0. The predicted octanol–water partition coefficient (Wildman–Crippen LogP) is 2.42. The van der Waals surface area contributed by atoms with E-state index in [9.17, 15) is 9.90 Å². The second-order valence-electron chi connectivity index (χ2n) is 5.07. The number of hydrogen-bond acceptors (Lipinski definition) is 4. The van der Waals surface area contributed by atoms with Crippen molar-refractivity contribution in [1.29, 1.82) is 0 Å². The number of aromatic nitrogens is 1. The monoisotopic (exact) mass is 277 g/mol. The maximum Gasteiger partial charge on any atom is 0.319 e. The third-order valence-corrected chi connectivity index (χ3v) is 3.30. The zero-order chi connectivity index (χ0) is 14.8. The molecule has 0 aliphatic carbocycles. The van der Waals surface area contributed by atoms with Crippen LogP contribution in [0.5, 0.6) is 0 Å². The van der Waals surface area contributed by atoms with Crippen molar-refractivity contribution in [2.24, 2.45) is 0 Å². The lowest BCUT2D eigenvalue weighted by molar-refractivity contribution is 0.172. The van der Waals surface area contributed by atoms with E-state index in [4.69, 9.17) is 4.42 Å². The number of urea groups is 1. The zero-order valence-electron chi connectivity index (χ0n) is 11.9. The minimum absolute atomic E-state index is 0.114. The first-order valence-corrected chi connectivity index (χ1v) is 6.53. The number of benzene rings is 1. The molecule has 1 unspecified atom stereocenters. The first kappa shape index (κ1) is 14.3. The van der Waals surface area contributed by atoms with Crippen LogP contribution in [-0.4, -0.2) is 28.3 Å². The zero-order valence-corrected chi connectivity index (χ0v) is 11.9. The van der Waals surface area contributed by atoms with Gasteiger partial charge in [0.25, 0.3) is 0 Å². The summed E-state index contributed by atoms with van der Waals surface area (Å²) < 4.78 is 5.41. The number of rotatable bonds is 4. The van der Waals surface area contributed by atoms with E-state index in [1.165, 1.54) is 0 Å². The smallest absolute Gasteiger partial charge is 0.319 e. The van der Waals surface area contributed by atoms with Crippen LogP contribution in [0.2, 0.25) is 0 Å². The molecule has 2 aromatic rings. The number of hydrogen-bond donors (Lipinski definition) is 3. The molecule has 6 heteroatoms. The molecule has 0 radical (unpaired) electrons. The quantitative estimate of drug-likeness (QED) is 0.801. The summed E-state index contributed by atoms with van der Waals surface area (Å²) >= 11 is 0. The summed E-state index contributed by atoms with van der Waals surface area (Å²) in [6.45, 7) is 5.35. The Hall–Kier alpha value is -2.08. The summed E-state index contributed by atoms with van der Waals surface area (Å²) in [6.07, 6.45) is 0.636. The number of nitrogens with zero attached hydrogens (tertiary/aromatic N) is 1. The molecule has 0 bridgehead atoms. The SMILES string of the molecule is CCC(C)(CO)NC(=O)Nc1ccc2nc(C)oc2c1. The second kappa shape index (κ2) is 5.50. The maximum atomic E-state index is 11.9. The minimum Gasteiger partial charge on any atom is -0.441 e. The molecule has 1 aromatic heterocycles. The van der Waals surface area contributed by atoms with Crippen LogP contribution < -0.4 is 10.6 Å². The molecule has 0 saturated carbocycles. The number of aliphatic hydroxyl groups is 1. The molecule has 2 amide bonds. The summed E-state index contributed by atoms with van der Waals surface area (Å²) in [5, 5.41) is 14.7. The summed E-state index contributed by atoms with van der Waals surface area (Å²) in [5.41, 5.74) is 1.36. The first-order valence-electron chi connectivity index (χ1n) is 6.53. The van der Waals surface area contributed by atoms with Gasteiger partial charge in [-0.1, -0.05) is 6.92 Å². The number of amides is 2. The Balaban J connectivity index is 2.09. The Labute approximate surface area is 117 Å². The van der Waals surface area contributed by atoms with Crippen LogP contribution in [0.15, 0.2) is 22.6 Å². The van der Waals surface area contributed by atoms with E-state index < -0.39 is 5.54 Å². The highest BCUT2D eigenvalue weighted by atomic mass is 16.3. The third-order valence-electron chi connectivity index (χ3n) is 3.30. The molecule has 20 heavy (non-hydrogen) atoms. The van der Waals surface area contributed by atoms with Gasteiger partial charge >= 0.3 is 6.03 Å². The Morgan fingerprint density at radius 2 is 2.25 bits per heavy atom. The van der Waals surface area contributed by atoms with Crippen LogP contribution in [0.25, 0.3) is 11.1 Å². The number of carbonyl (C=O) groups excluding carboxylic acids is 1. The summed E-state index contributed by atoms with van der Waals surface area (Å²) in [5.74, 6) is 0.584.